The molecule has 1 N–H and O–H groups in total. The molecular formula is C22H24FN3O4. The van der Waals surface area contributed by atoms with Crippen LogP contribution in [0.4, 0.5) is 4.39 Å². The maximum Gasteiger partial charge on any atom is 0.254 e. The first-order valence-electron chi connectivity index (χ1n) is 9.61. The third-order valence-corrected chi connectivity index (χ3v) is 5.01. The van der Waals surface area contributed by atoms with Crippen LogP contribution in [0.15, 0.2) is 47.6 Å². The Labute approximate surface area is 174 Å². The molecule has 2 aromatic rings. The Hall–Kier alpha value is -3.42. The Morgan fingerprint density at radius 1 is 1.07 bits per heavy atom. The van der Waals surface area contributed by atoms with Gasteiger partial charge in [0.2, 0.25) is 5.91 Å². The van der Waals surface area contributed by atoms with Crippen molar-refractivity contribution in [3.05, 3.63) is 59.4 Å². The fourth-order valence-corrected chi connectivity index (χ4v) is 3.27. The van der Waals surface area contributed by atoms with Crippen LogP contribution in [0.3, 0.4) is 0 Å². The zero-order chi connectivity index (χ0) is 21.5. The molecular weight excluding hydrogens is 389 g/mol. The maximum absolute atomic E-state index is 12.9. The third kappa shape index (κ3) is 5.34. The number of piperidine rings is 1. The van der Waals surface area contributed by atoms with Crippen molar-refractivity contribution in [3.63, 3.8) is 0 Å². The van der Waals surface area contributed by atoms with E-state index in [0.29, 0.717) is 48.6 Å². The van der Waals surface area contributed by atoms with E-state index in [-0.39, 0.29) is 23.5 Å². The molecule has 1 aliphatic heterocycles. The van der Waals surface area contributed by atoms with E-state index >= 15 is 0 Å². The Bertz CT molecular complexity index is 900. The molecule has 0 atom stereocenters. The number of carbonyl (C=O) groups excluding carboxylic acids is 2. The minimum Gasteiger partial charge on any atom is -0.497 e. The highest BCUT2D eigenvalue weighted by atomic mass is 19.1. The van der Waals surface area contributed by atoms with E-state index in [0.717, 1.165) is 0 Å². The Morgan fingerprint density at radius 2 is 1.67 bits per heavy atom. The SMILES string of the molecule is COc1cc(OC)cc(C(=O)N2CCC(C(=O)NN=Cc3ccc(F)cc3)CC2)c1. The van der Waals surface area contributed by atoms with Gasteiger partial charge in [-0.2, -0.15) is 5.10 Å². The number of likely N-dealkylation sites (tertiary alicyclic amines) is 1. The summed E-state index contributed by atoms with van der Waals surface area (Å²) in [6.45, 7) is 0.941. The minimum absolute atomic E-state index is 0.125. The lowest BCUT2D eigenvalue weighted by molar-refractivity contribution is -0.126. The van der Waals surface area contributed by atoms with Crippen molar-refractivity contribution in [1.82, 2.24) is 10.3 Å². The Morgan fingerprint density at radius 3 is 2.23 bits per heavy atom. The summed E-state index contributed by atoms with van der Waals surface area (Å²) in [6, 6.07) is 10.9. The highest BCUT2D eigenvalue weighted by Crippen LogP contribution is 2.25. The molecule has 1 fully saturated rings. The van der Waals surface area contributed by atoms with Crippen LogP contribution >= 0.6 is 0 Å². The summed E-state index contributed by atoms with van der Waals surface area (Å²) in [4.78, 5) is 26.9. The summed E-state index contributed by atoms with van der Waals surface area (Å²) < 4.78 is 23.3. The van der Waals surface area contributed by atoms with E-state index in [4.69, 9.17) is 9.47 Å². The average Bonchev–Trinajstić information content (AvgIpc) is 2.79. The number of hydrazone groups is 1. The van der Waals surface area contributed by atoms with Crippen molar-refractivity contribution in [2.75, 3.05) is 27.3 Å². The monoisotopic (exact) mass is 413 g/mol. The maximum atomic E-state index is 12.9. The van der Waals surface area contributed by atoms with Gasteiger partial charge in [-0.05, 0) is 42.7 Å². The summed E-state index contributed by atoms with van der Waals surface area (Å²) in [5, 5.41) is 3.93. The fraction of sp³-hybridized carbons (Fsp3) is 0.318. The van der Waals surface area contributed by atoms with Gasteiger partial charge in [0, 0.05) is 30.6 Å². The van der Waals surface area contributed by atoms with Crippen molar-refractivity contribution in [2.45, 2.75) is 12.8 Å². The first-order chi connectivity index (χ1) is 14.5. The Kier molecular flexibility index (Phi) is 7.00. The number of nitrogens with one attached hydrogen (secondary N) is 1. The molecule has 7 nitrogen and oxygen atoms in total. The molecule has 0 spiro atoms. The van der Waals surface area contributed by atoms with Gasteiger partial charge < -0.3 is 14.4 Å². The van der Waals surface area contributed by atoms with E-state index < -0.39 is 0 Å². The van der Waals surface area contributed by atoms with Gasteiger partial charge in [0.25, 0.3) is 5.91 Å². The zero-order valence-electron chi connectivity index (χ0n) is 16.9. The van der Waals surface area contributed by atoms with E-state index in [2.05, 4.69) is 10.5 Å². The predicted octanol–water partition coefficient (Wildman–Crippen LogP) is 2.85. The number of hydrogen-bond donors (Lipinski definition) is 1. The van der Waals surface area contributed by atoms with Crippen LogP contribution in [0, 0.1) is 11.7 Å². The molecule has 0 bridgehead atoms. The van der Waals surface area contributed by atoms with Crippen LogP contribution in [0.1, 0.15) is 28.8 Å². The Balaban J connectivity index is 1.53. The predicted molar refractivity (Wildman–Crippen MR) is 110 cm³/mol. The molecule has 1 heterocycles. The van der Waals surface area contributed by atoms with Gasteiger partial charge in [0.1, 0.15) is 17.3 Å². The summed E-state index contributed by atoms with van der Waals surface area (Å²) in [5.41, 5.74) is 3.69. The molecule has 0 saturated carbocycles. The first kappa shape index (κ1) is 21.3. The lowest BCUT2D eigenvalue weighted by atomic mass is 9.95. The lowest BCUT2D eigenvalue weighted by Gasteiger charge is -2.31. The van der Waals surface area contributed by atoms with E-state index in [1.165, 1.54) is 32.6 Å². The number of ether oxygens (including phenoxy) is 2. The molecule has 0 unspecified atom stereocenters. The molecule has 8 heteroatoms. The molecule has 2 aromatic carbocycles. The number of hydrogen-bond acceptors (Lipinski definition) is 5. The normalized spacial score (nSPS) is 14.6. The van der Waals surface area contributed by atoms with Gasteiger partial charge in [0.05, 0.1) is 20.4 Å². The molecule has 30 heavy (non-hydrogen) atoms. The number of carbonyl (C=O) groups is 2. The van der Waals surface area contributed by atoms with Crippen molar-refractivity contribution >= 4 is 18.0 Å². The van der Waals surface area contributed by atoms with Gasteiger partial charge in [-0.15, -0.1) is 0 Å². The van der Waals surface area contributed by atoms with Crippen LogP contribution in [0.5, 0.6) is 11.5 Å². The summed E-state index contributed by atoms with van der Waals surface area (Å²) in [6.07, 6.45) is 2.56. The van der Waals surface area contributed by atoms with Gasteiger partial charge in [-0.1, -0.05) is 12.1 Å². The third-order valence-electron chi connectivity index (χ3n) is 5.01. The van der Waals surface area contributed by atoms with Crippen molar-refractivity contribution < 1.29 is 23.5 Å². The van der Waals surface area contributed by atoms with Crippen LogP contribution < -0.4 is 14.9 Å². The quantitative estimate of drug-likeness (QED) is 0.583. The highest BCUT2D eigenvalue weighted by molar-refractivity contribution is 5.95. The second-order valence-corrected chi connectivity index (χ2v) is 6.95. The lowest BCUT2D eigenvalue weighted by Crippen LogP contribution is -2.42. The van der Waals surface area contributed by atoms with Gasteiger partial charge in [0.15, 0.2) is 0 Å². The fourth-order valence-electron chi connectivity index (χ4n) is 3.27. The van der Waals surface area contributed by atoms with Crippen LogP contribution in [-0.4, -0.2) is 50.2 Å². The molecule has 2 amide bonds. The number of nitrogens with zero attached hydrogens (tertiary/aromatic N) is 2. The first-order valence-corrected chi connectivity index (χ1v) is 9.61. The molecule has 3 rings (SSSR count). The van der Waals surface area contributed by atoms with Crippen LogP contribution in [0.25, 0.3) is 0 Å². The molecule has 0 aromatic heterocycles. The summed E-state index contributed by atoms with van der Waals surface area (Å²) in [5.74, 6) is 0.227. The molecule has 0 aliphatic carbocycles. The van der Waals surface area contributed by atoms with Crippen molar-refractivity contribution in [1.29, 1.82) is 0 Å². The summed E-state index contributed by atoms with van der Waals surface area (Å²) >= 11 is 0. The highest BCUT2D eigenvalue weighted by Gasteiger charge is 2.28. The zero-order valence-corrected chi connectivity index (χ0v) is 16.9. The topological polar surface area (TPSA) is 80.2 Å². The number of rotatable bonds is 6. The summed E-state index contributed by atoms with van der Waals surface area (Å²) in [7, 11) is 3.07. The van der Waals surface area contributed by atoms with E-state index in [1.54, 1.807) is 35.2 Å². The standard InChI is InChI=1S/C22H24FN3O4/c1-29-19-11-17(12-20(13-19)30-2)22(28)26-9-7-16(8-10-26)21(27)25-24-14-15-3-5-18(23)6-4-15/h3-6,11-14,16H,7-10H2,1-2H3,(H,25,27). The van der Waals surface area contributed by atoms with Gasteiger partial charge in [-0.25, -0.2) is 9.82 Å². The van der Waals surface area contributed by atoms with Gasteiger partial charge >= 0.3 is 0 Å². The minimum atomic E-state index is -0.329. The second kappa shape index (κ2) is 9.87. The molecule has 1 aliphatic rings. The number of methoxy groups -OCH3 is 2. The largest absolute Gasteiger partial charge is 0.497 e. The number of benzene rings is 2. The second-order valence-electron chi connectivity index (χ2n) is 6.95. The molecule has 158 valence electrons. The molecule has 0 radical (unpaired) electrons. The van der Waals surface area contributed by atoms with E-state index in [9.17, 15) is 14.0 Å². The molecule has 1 saturated heterocycles. The van der Waals surface area contributed by atoms with Crippen LogP contribution in [-0.2, 0) is 4.79 Å². The average molecular weight is 413 g/mol. The van der Waals surface area contributed by atoms with Crippen LogP contribution in [0.2, 0.25) is 0 Å². The van der Waals surface area contributed by atoms with Crippen molar-refractivity contribution in [3.8, 4) is 11.5 Å². The van der Waals surface area contributed by atoms with Gasteiger partial charge in [-0.3, -0.25) is 9.59 Å². The van der Waals surface area contributed by atoms with E-state index in [1.807, 2.05) is 0 Å². The number of amides is 2. The number of halogens is 1. The smallest absolute Gasteiger partial charge is 0.254 e. The van der Waals surface area contributed by atoms with Crippen molar-refractivity contribution in [2.24, 2.45) is 11.0 Å².